The summed E-state index contributed by atoms with van der Waals surface area (Å²) in [5.41, 5.74) is 6.59. The van der Waals surface area contributed by atoms with Gasteiger partial charge in [-0.2, -0.15) is 0 Å². The molecule has 0 spiro atoms. The summed E-state index contributed by atoms with van der Waals surface area (Å²) in [4.78, 5) is 9.20. The molecule has 0 radical (unpaired) electrons. The highest BCUT2D eigenvalue weighted by Crippen LogP contribution is 2.33. The summed E-state index contributed by atoms with van der Waals surface area (Å²) in [5, 5.41) is 2.18. The molecule has 0 saturated heterocycles. The number of nitrogens with zero attached hydrogens (tertiary/aromatic N) is 2. The number of rotatable bonds is 1. The van der Waals surface area contributed by atoms with Crippen molar-refractivity contribution >= 4 is 22.1 Å². The van der Waals surface area contributed by atoms with Crippen LogP contribution in [0.1, 0.15) is 24.0 Å². The van der Waals surface area contributed by atoms with Gasteiger partial charge in [-0.15, -0.1) is 0 Å². The van der Waals surface area contributed by atoms with Crippen LogP contribution in [0, 0.1) is 0 Å². The normalized spacial score (nSPS) is 14.3. The minimum absolute atomic E-state index is 0.694. The fourth-order valence-corrected chi connectivity index (χ4v) is 3.65. The molecule has 0 saturated carbocycles. The van der Waals surface area contributed by atoms with E-state index in [1.54, 1.807) is 0 Å². The molecule has 0 bridgehead atoms. The van der Waals surface area contributed by atoms with Crippen LogP contribution in [0.5, 0.6) is 0 Å². The predicted molar refractivity (Wildman–Crippen MR) is 91.4 cm³/mol. The molecular formula is C20H16N2O. The number of furan rings is 1. The standard InChI is InChI=1S/C20H16N2O/c1-2-6-15-13(5-1)9-10-21-19(15)14-11-17-16-7-3-4-8-18(16)23-20(17)22-12-14/h3-4,7-12H,1-2,5-6H2. The molecule has 3 heteroatoms. The third kappa shape index (κ3) is 1.96. The zero-order chi connectivity index (χ0) is 15.2. The lowest BCUT2D eigenvalue weighted by Crippen LogP contribution is -2.05. The van der Waals surface area contributed by atoms with E-state index in [0.29, 0.717) is 5.71 Å². The monoisotopic (exact) mass is 300 g/mol. The minimum atomic E-state index is 0.694. The highest BCUT2D eigenvalue weighted by atomic mass is 16.3. The Morgan fingerprint density at radius 1 is 0.913 bits per heavy atom. The van der Waals surface area contributed by atoms with Crippen LogP contribution < -0.4 is 0 Å². The van der Waals surface area contributed by atoms with Crippen LogP contribution in [0.3, 0.4) is 0 Å². The Bertz CT molecular complexity index is 1030. The highest BCUT2D eigenvalue weighted by molar-refractivity contribution is 6.04. The van der Waals surface area contributed by atoms with Crippen LogP contribution in [0.15, 0.2) is 53.2 Å². The van der Waals surface area contributed by atoms with Gasteiger partial charge in [0.05, 0.1) is 5.69 Å². The quantitative estimate of drug-likeness (QED) is 0.501. The number of aromatic nitrogens is 2. The van der Waals surface area contributed by atoms with E-state index < -0.39 is 0 Å². The van der Waals surface area contributed by atoms with Crippen molar-refractivity contribution < 1.29 is 4.42 Å². The van der Waals surface area contributed by atoms with Gasteiger partial charge in [0.2, 0.25) is 5.71 Å². The van der Waals surface area contributed by atoms with Crippen LogP contribution in [-0.2, 0) is 12.8 Å². The molecule has 0 N–H and O–H groups in total. The van der Waals surface area contributed by atoms with Crippen molar-refractivity contribution in [2.45, 2.75) is 25.7 Å². The molecule has 1 aliphatic carbocycles. The van der Waals surface area contributed by atoms with Gasteiger partial charge in [-0.05, 0) is 55.0 Å². The number of hydrogen-bond donors (Lipinski definition) is 0. The Morgan fingerprint density at radius 2 is 1.83 bits per heavy atom. The molecule has 112 valence electrons. The van der Waals surface area contributed by atoms with Gasteiger partial charge in [-0.25, -0.2) is 4.98 Å². The number of aryl methyl sites for hydroxylation is 1. The van der Waals surface area contributed by atoms with Gasteiger partial charge in [0.25, 0.3) is 0 Å². The molecule has 0 unspecified atom stereocenters. The van der Waals surface area contributed by atoms with E-state index >= 15 is 0 Å². The summed E-state index contributed by atoms with van der Waals surface area (Å²) in [6, 6.07) is 12.4. The van der Waals surface area contributed by atoms with E-state index in [4.69, 9.17) is 4.42 Å². The molecule has 3 heterocycles. The molecule has 0 fully saturated rings. The molecule has 0 amide bonds. The summed E-state index contributed by atoms with van der Waals surface area (Å²) < 4.78 is 5.82. The van der Waals surface area contributed by atoms with E-state index in [9.17, 15) is 0 Å². The van der Waals surface area contributed by atoms with Gasteiger partial charge in [0.1, 0.15) is 5.58 Å². The van der Waals surface area contributed by atoms with Crippen molar-refractivity contribution in [2.75, 3.05) is 0 Å². The Balaban J connectivity index is 1.76. The second-order valence-corrected chi connectivity index (χ2v) is 6.18. The second-order valence-electron chi connectivity index (χ2n) is 6.18. The zero-order valence-electron chi connectivity index (χ0n) is 12.7. The summed E-state index contributed by atoms with van der Waals surface area (Å²) in [5.74, 6) is 0. The van der Waals surface area contributed by atoms with Crippen LogP contribution in [0.2, 0.25) is 0 Å². The number of hydrogen-bond acceptors (Lipinski definition) is 3. The lowest BCUT2D eigenvalue weighted by atomic mass is 9.89. The van der Waals surface area contributed by atoms with Crippen LogP contribution >= 0.6 is 0 Å². The maximum absolute atomic E-state index is 5.82. The molecular weight excluding hydrogens is 284 g/mol. The largest absolute Gasteiger partial charge is 0.438 e. The highest BCUT2D eigenvalue weighted by Gasteiger charge is 2.17. The van der Waals surface area contributed by atoms with E-state index in [2.05, 4.69) is 28.2 Å². The van der Waals surface area contributed by atoms with Crippen LogP contribution in [0.4, 0.5) is 0 Å². The first-order valence-electron chi connectivity index (χ1n) is 8.14. The first kappa shape index (κ1) is 12.8. The Hall–Kier alpha value is -2.68. The lowest BCUT2D eigenvalue weighted by molar-refractivity contribution is 0.654. The molecule has 0 aliphatic heterocycles. The van der Waals surface area contributed by atoms with Gasteiger partial charge in [-0.3, -0.25) is 4.98 Å². The topological polar surface area (TPSA) is 38.9 Å². The number of pyridine rings is 2. The van der Waals surface area contributed by atoms with Crippen molar-refractivity contribution in [1.29, 1.82) is 0 Å². The SMILES string of the molecule is c1ccc2c(c1)oc1ncc(-c3nccc4c3CCCC4)cc12. The first-order valence-corrected chi connectivity index (χ1v) is 8.14. The van der Waals surface area contributed by atoms with E-state index in [-0.39, 0.29) is 0 Å². The average molecular weight is 300 g/mol. The lowest BCUT2D eigenvalue weighted by Gasteiger charge is -2.18. The van der Waals surface area contributed by atoms with Crippen LogP contribution in [-0.4, -0.2) is 9.97 Å². The summed E-state index contributed by atoms with van der Waals surface area (Å²) in [7, 11) is 0. The summed E-state index contributed by atoms with van der Waals surface area (Å²) in [6.45, 7) is 0. The van der Waals surface area contributed by atoms with Gasteiger partial charge >= 0.3 is 0 Å². The molecule has 1 aromatic carbocycles. The molecule has 4 aromatic rings. The number of benzene rings is 1. The summed E-state index contributed by atoms with van der Waals surface area (Å²) >= 11 is 0. The smallest absolute Gasteiger partial charge is 0.227 e. The molecule has 0 atom stereocenters. The molecule has 23 heavy (non-hydrogen) atoms. The van der Waals surface area contributed by atoms with Crippen molar-refractivity contribution in [1.82, 2.24) is 9.97 Å². The summed E-state index contributed by atoms with van der Waals surface area (Å²) in [6.07, 6.45) is 8.62. The number of para-hydroxylation sites is 1. The Kier molecular flexibility index (Phi) is 2.74. The van der Waals surface area contributed by atoms with Crippen molar-refractivity contribution in [3.05, 3.63) is 59.9 Å². The fraction of sp³-hybridized carbons (Fsp3) is 0.200. The third-order valence-corrected chi connectivity index (χ3v) is 4.78. The third-order valence-electron chi connectivity index (χ3n) is 4.78. The number of fused-ring (bicyclic) bond motifs is 4. The molecule has 3 nitrogen and oxygen atoms in total. The Labute approximate surface area is 134 Å². The van der Waals surface area contributed by atoms with Crippen LogP contribution in [0.25, 0.3) is 33.3 Å². The fourth-order valence-electron chi connectivity index (χ4n) is 3.65. The maximum Gasteiger partial charge on any atom is 0.227 e. The van der Waals surface area contributed by atoms with Gasteiger partial charge < -0.3 is 4.42 Å². The van der Waals surface area contributed by atoms with Crippen molar-refractivity contribution in [3.63, 3.8) is 0 Å². The van der Waals surface area contributed by atoms with Crippen molar-refractivity contribution in [3.8, 4) is 11.3 Å². The average Bonchev–Trinajstić information content (AvgIpc) is 2.99. The predicted octanol–water partition coefficient (Wildman–Crippen LogP) is 4.92. The van der Waals surface area contributed by atoms with Crippen molar-refractivity contribution in [2.24, 2.45) is 0 Å². The van der Waals surface area contributed by atoms with Gasteiger partial charge in [-0.1, -0.05) is 18.2 Å². The van der Waals surface area contributed by atoms with E-state index in [1.807, 2.05) is 30.6 Å². The van der Waals surface area contributed by atoms with Gasteiger partial charge in [0.15, 0.2) is 0 Å². The van der Waals surface area contributed by atoms with E-state index in [0.717, 1.165) is 40.5 Å². The molecule has 5 rings (SSSR count). The van der Waals surface area contributed by atoms with E-state index in [1.165, 1.54) is 24.0 Å². The van der Waals surface area contributed by atoms with Gasteiger partial charge in [0, 0.05) is 28.7 Å². The molecule has 1 aliphatic rings. The maximum atomic E-state index is 5.82. The Morgan fingerprint density at radius 3 is 2.83 bits per heavy atom. The first-order chi connectivity index (χ1) is 11.4. The zero-order valence-corrected chi connectivity index (χ0v) is 12.7. The minimum Gasteiger partial charge on any atom is -0.438 e. The second kappa shape index (κ2) is 4.92. The molecule has 3 aromatic heterocycles.